The minimum atomic E-state index is -0.221. The van der Waals surface area contributed by atoms with Crippen molar-refractivity contribution < 1.29 is 13.9 Å². The summed E-state index contributed by atoms with van der Waals surface area (Å²) in [4.78, 5) is 15.0. The number of carbonyl (C=O) groups is 1. The highest BCUT2D eigenvalue weighted by atomic mass is 19.1. The molecular formula is C23H29FN2O2. The Kier molecular flexibility index (Phi) is 7.04. The van der Waals surface area contributed by atoms with Crippen molar-refractivity contribution >= 4 is 5.91 Å². The maximum atomic E-state index is 13.1. The molecule has 1 fully saturated rings. The topological polar surface area (TPSA) is 41.6 Å². The summed E-state index contributed by atoms with van der Waals surface area (Å²) >= 11 is 0. The van der Waals surface area contributed by atoms with Crippen molar-refractivity contribution in [3.63, 3.8) is 0 Å². The van der Waals surface area contributed by atoms with Gasteiger partial charge in [-0.25, -0.2) is 4.39 Å². The second kappa shape index (κ2) is 9.69. The Morgan fingerprint density at radius 3 is 2.75 bits per heavy atom. The van der Waals surface area contributed by atoms with E-state index in [1.807, 2.05) is 50.2 Å². The van der Waals surface area contributed by atoms with E-state index in [2.05, 4.69) is 10.2 Å². The first-order chi connectivity index (χ1) is 13.5. The smallest absolute Gasteiger partial charge is 0.224 e. The maximum Gasteiger partial charge on any atom is 0.224 e. The van der Waals surface area contributed by atoms with E-state index in [0.717, 1.165) is 49.4 Å². The van der Waals surface area contributed by atoms with E-state index in [4.69, 9.17) is 4.74 Å². The zero-order chi connectivity index (χ0) is 19.9. The molecule has 0 radical (unpaired) electrons. The molecule has 0 bridgehead atoms. The number of amides is 1. The Hall–Kier alpha value is -2.40. The van der Waals surface area contributed by atoms with Crippen molar-refractivity contribution in [3.8, 4) is 5.75 Å². The van der Waals surface area contributed by atoms with Crippen molar-refractivity contribution in [2.24, 2.45) is 5.92 Å². The molecule has 1 amide bonds. The highest BCUT2D eigenvalue weighted by Gasteiger charge is 2.26. The van der Waals surface area contributed by atoms with Crippen LogP contribution >= 0.6 is 0 Å². The molecule has 4 nitrogen and oxygen atoms in total. The van der Waals surface area contributed by atoms with E-state index in [-0.39, 0.29) is 23.7 Å². The molecule has 0 spiro atoms. The summed E-state index contributed by atoms with van der Waals surface area (Å²) in [6, 6.07) is 14.4. The zero-order valence-electron chi connectivity index (χ0n) is 16.7. The molecule has 1 N–H and O–H groups in total. The Morgan fingerprint density at radius 1 is 1.25 bits per heavy atom. The number of hydrogen-bond acceptors (Lipinski definition) is 3. The SMILES string of the molecule is Cc1ccccc1OC[C@@H](C)NC(=O)[C@@H]1CCCN(Cc2ccc(F)cc2)C1. The fourth-order valence-corrected chi connectivity index (χ4v) is 3.60. The van der Waals surface area contributed by atoms with Crippen LogP contribution < -0.4 is 10.1 Å². The molecule has 0 aromatic heterocycles. The van der Waals surface area contributed by atoms with Crippen molar-refractivity contribution in [1.29, 1.82) is 0 Å². The molecule has 2 atom stereocenters. The van der Waals surface area contributed by atoms with Crippen LogP contribution in [-0.4, -0.2) is 36.5 Å². The van der Waals surface area contributed by atoms with Crippen LogP contribution in [-0.2, 0) is 11.3 Å². The number of benzene rings is 2. The third-order valence-corrected chi connectivity index (χ3v) is 5.17. The van der Waals surface area contributed by atoms with E-state index >= 15 is 0 Å². The Morgan fingerprint density at radius 2 is 2.00 bits per heavy atom. The summed E-state index contributed by atoms with van der Waals surface area (Å²) in [5.74, 6) is 0.702. The van der Waals surface area contributed by atoms with Gasteiger partial charge >= 0.3 is 0 Å². The number of para-hydroxylation sites is 1. The van der Waals surface area contributed by atoms with Gasteiger partial charge in [-0.1, -0.05) is 30.3 Å². The van der Waals surface area contributed by atoms with Crippen molar-refractivity contribution in [2.45, 2.75) is 39.3 Å². The van der Waals surface area contributed by atoms with Crippen molar-refractivity contribution in [2.75, 3.05) is 19.7 Å². The van der Waals surface area contributed by atoms with Crippen LogP contribution in [0.2, 0.25) is 0 Å². The van der Waals surface area contributed by atoms with E-state index in [1.54, 1.807) is 0 Å². The largest absolute Gasteiger partial charge is 0.491 e. The van der Waals surface area contributed by atoms with Gasteiger partial charge in [0.05, 0.1) is 12.0 Å². The number of ether oxygens (including phenoxy) is 1. The third-order valence-electron chi connectivity index (χ3n) is 5.17. The van der Waals surface area contributed by atoms with Gasteiger partial charge in [0, 0.05) is 13.1 Å². The van der Waals surface area contributed by atoms with E-state index in [0.29, 0.717) is 6.61 Å². The first-order valence-electron chi connectivity index (χ1n) is 9.97. The van der Waals surface area contributed by atoms with Crippen molar-refractivity contribution in [3.05, 3.63) is 65.5 Å². The first kappa shape index (κ1) is 20.3. The second-order valence-corrected chi connectivity index (χ2v) is 7.69. The summed E-state index contributed by atoms with van der Waals surface area (Å²) in [5.41, 5.74) is 2.16. The van der Waals surface area contributed by atoms with E-state index < -0.39 is 0 Å². The number of carbonyl (C=O) groups excluding carboxylic acids is 1. The molecule has 28 heavy (non-hydrogen) atoms. The maximum absolute atomic E-state index is 13.1. The number of piperidine rings is 1. The van der Waals surface area contributed by atoms with Gasteiger partial charge < -0.3 is 10.1 Å². The zero-order valence-corrected chi connectivity index (χ0v) is 16.7. The molecule has 2 aromatic rings. The lowest BCUT2D eigenvalue weighted by Crippen LogP contribution is -2.46. The molecule has 3 rings (SSSR count). The quantitative estimate of drug-likeness (QED) is 0.786. The molecule has 1 heterocycles. The molecule has 1 aliphatic rings. The number of hydrogen-bond donors (Lipinski definition) is 1. The van der Waals surface area contributed by atoms with E-state index in [1.165, 1.54) is 12.1 Å². The second-order valence-electron chi connectivity index (χ2n) is 7.69. The molecule has 0 saturated carbocycles. The fourth-order valence-electron chi connectivity index (χ4n) is 3.60. The van der Waals surface area contributed by atoms with Crippen LogP contribution in [0, 0.1) is 18.7 Å². The van der Waals surface area contributed by atoms with Gasteiger partial charge in [-0.3, -0.25) is 9.69 Å². The summed E-state index contributed by atoms with van der Waals surface area (Å²) in [5, 5.41) is 3.09. The summed E-state index contributed by atoms with van der Waals surface area (Å²) in [6.07, 6.45) is 1.89. The summed E-state index contributed by atoms with van der Waals surface area (Å²) in [7, 11) is 0. The van der Waals surface area contributed by atoms with Crippen LogP contribution in [0.25, 0.3) is 0 Å². The monoisotopic (exact) mass is 384 g/mol. The summed E-state index contributed by atoms with van der Waals surface area (Å²) < 4.78 is 18.9. The average molecular weight is 384 g/mol. The van der Waals surface area contributed by atoms with Crippen molar-refractivity contribution in [1.82, 2.24) is 10.2 Å². The predicted octanol–water partition coefficient (Wildman–Crippen LogP) is 3.93. The number of halogens is 1. The Bertz CT molecular complexity index is 778. The normalized spacial score (nSPS) is 18.5. The highest BCUT2D eigenvalue weighted by molar-refractivity contribution is 5.79. The van der Waals surface area contributed by atoms with Gasteiger partial charge in [0.15, 0.2) is 0 Å². The van der Waals surface area contributed by atoms with Crippen LogP contribution in [0.1, 0.15) is 30.9 Å². The minimum Gasteiger partial charge on any atom is -0.491 e. The lowest BCUT2D eigenvalue weighted by molar-refractivity contribution is -0.127. The Labute approximate surface area is 166 Å². The molecule has 5 heteroatoms. The molecule has 2 aromatic carbocycles. The van der Waals surface area contributed by atoms with Crippen LogP contribution in [0.15, 0.2) is 48.5 Å². The van der Waals surface area contributed by atoms with Crippen LogP contribution in [0.5, 0.6) is 5.75 Å². The fraction of sp³-hybridized carbons (Fsp3) is 0.435. The number of nitrogens with one attached hydrogen (secondary N) is 1. The molecule has 1 saturated heterocycles. The average Bonchev–Trinajstić information content (AvgIpc) is 2.69. The van der Waals surface area contributed by atoms with Crippen LogP contribution in [0.4, 0.5) is 4.39 Å². The van der Waals surface area contributed by atoms with Gasteiger partial charge in [0.1, 0.15) is 18.2 Å². The standard InChI is InChI=1S/C23H29FN2O2/c1-17-6-3-4-8-22(17)28-16-18(2)25-23(27)20-7-5-13-26(15-20)14-19-9-11-21(24)12-10-19/h3-4,6,8-12,18,20H,5,7,13-16H2,1-2H3,(H,25,27)/t18-,20-/m1/s1. The van der Waals surface area contributed by atoms with Gasteiger partial charge in [-0.05, 0) is 62.6 Å². The molecule has 150 valence electrons. The number of aryl methyl sites for hydroxylation is 1. The Balaban J connectivity index is 1.46. The predicted molar refractivity (Wildman–Crippen MR) is 109 cm³/mol. The highest BCUT2D eigenvalue weighted by Crippen LogP contribution is 2.20. The number of nitrogens with zero attached hydrogens (tertiary/aromatic N) is 1. The molecule has 0 aliphatic carbocycles. The third kappa shape index (κ3) is 5.80. The van der Waals surface area contributed by atoms with Gasteiger partial charge in [-0.2, -0.15) is 0 Å². The number of rotatable bonds is 7. The lowest BCUT2D eigenvalue weighted by Gasteiger charge is -2.32. The van der Waals surface area contributed by atoms with Gasteiger partial charge in [-0.15, -0.1) is 0 Å². The van der Waals surface area contributed by atoms with E-state index in [9.17, 15) is 9.18 Å². The van der Waals surface area contributed by atoms with Gasteiger partial charge in [0.25, 0.3) is 0 Å². The summed E-state index contributed by atoms with van der Waals surface area (Å²) in [6.45, 7) is 6.87. The van der Waals surface area contributed by atoms with Gasteiger partial charge in [0.2, 0.25) is 5.91 Å². The molecule has 0 unspecified atom stereocenters. The minimum absolute atomic E-state index is 0.0184. The number of likely N-dealkylation sites (tertiary alicyclic amines) is 1. The first-order valence-corrected chi connectivity index (χ1v) is 9.97. The molecule has 1 aliphatic heterocycles. The molecular weight excluding hydrogens is 355 g/mol. The van der Waals surface area contributed by atoms with Crippen LogP contribution in [0.3, 0.4) is 0 Å². The lowest BCUT2D eigenvalue weighted by atomic mass is 9.96.